The highest BCUT2D eigenvalue weighted by molar-refractivity contribution is 7.92. The van der Waals surface area contributed by atoms with E-state index in [9.17, 15) is 13.7 Å². The largest absolute Gasteiger partial charge is 0.477 e. The van der Waals surface area contributed by atoms with Crippen LogP contribution in [0.1, 0.15) is 23.7 Å². The minimum atomic E-state index is -3.85. The van der Waals surface area contributed by atoms with Crippen molar-refractivity contribution < 1.29 is 17.7 Å². The van der Waals surface area contributed by atoms with Crippen LogP contribution in [0.3, 0.4) is 0 Å². The van der Waals surface area contributed by atoms with Crippen molar-refractivity contribution in [3.8, 4) is 11.9 Å². The molecule has 0 amide bonds. The molecular formula is C19H20N6O4S. The molecule has 0 bridgehead atoms. The summed E-state index contributed by atoms with van der Waals surface area (Å²) in [5, 5.41) is 15.9. The van der Waals surface area contributed by atoms with Gasteiger partial charge in [-0.2, -0.15) is 10.2 Å². The van der Waals surface area contributed by atoms with Gasteiger partial charge in [-0.1, -0.05) is 5.16 Å². The van der Waals surface area contributed by atoms with Gasteiger partial charge in [0.1, 0.15) is 17.5 Å². The molecule has 3 aromatic rings. The molecule has 0 unspecified atom stereocenters. The number of pyridine rings is 1. The molecule has 0 aliphatic carbocycles. The highest BCUT2D eigenvalue weighted by atomic mass is 32.2. The predicted molar refractivity (Wildman–Crippen MR) is 111 cm³/mol. The van der Waals surface area contributed by atoms with Gasteiger partial charge in [-0.15, -0.1) is 0 Å². The fraction of sp³-hybridized carbons (Fsp3) is 0.211. The molecule has 3 rings (SSSR count). The van der Waals surface area contributed by atoms with Gasteiger partial charge in [-0.05, 0) is 45.0 Å². The highest BCUT2D eigenvalue weighted by Gasteiger charge is 2.19. The van der Waals surface area contributed by atoms with E-state index in [2.05, 4.69) is 20.2 Å². The van der Waals surface area contributed by atoms with E-state index in [0.29, 0.717) is 29.4 Å². The van der Waals surface area contributed by atoms with Gasteiger partial charge in [0.25, 0.3) is 10.0 Å². The van der Waals surface area contributed by atoms with E-state index >= 15 is 0 Å². The van der Waals surface area contributed by atoms with Gasteiger partial charge in [0.05, 0.1) is 22.9 Å². The third kappa shape index (κ3) is 4.28. The molecule has 0 radical (unpaired) electrons. The molecule has 0 atom stereocenters. The number of nitriles is 1. The summed E-state index contributed by atoms with van der Waals surface area (Å²) >= 11 is 0. The van der Waals surface area contributed by atoms with Crippen LogP contribution in [0.15, 0.2) is 39.8 Å². The van der Waals surface area contributed by atoms with Crippen molar-refractivity contribution in [1.29, 1.82) is 5.26 Å². The summed E-state index contributed by atoms with van der Waals surface area (Å²) in [7, 11) is -3.85. The molecule has 0 saturated heterocycles. The molecule has 2 heterocycles. The second kappa shape index (κ2) is 8.30. The Morgan fingerprint density at radius 2 is 1.97 bits per heavy atom. The van der Waals surface area contributed by atoms with Crippen molar-refractivity contribution in [3.05, 3.63) is 47.2 Å². The Kier molecular flexibility index (Phi) is 5.79. The van der Waals surface area contributed by atoms with Crippen molar-refractivity contribution in [1.82, 2.24) is 10.1 Å². The third-order valence-corrected chi connectivity index (χ3v) is 5.58. The Hall–Kier alpha value is -3.78. The maximum atomic E-state index is 12.6. The van der Waals surface area contributed by atoms with Crippen LogP contribution in [0.25, 0.3) is 0 Å². The van der Waals surface area contributed by atoms with Crippen molar-refractivity contribution >= 4 is 33.1 Å². The molecule has 0 saturated carbocycles. The molecule has 0 fully saturated rings. The number of rotatable bonds is 7. The zero-order valence-corrected chi connectivity index (χ0v) is 17.4. The van der Waals surface area contributed by atoms with E-state index in [1.54, 1.807) is 32.9 Å². The Balaban J connectivity index is 1.81. The fourth-order valence-corrected chi connectivity index (χ4v) is 3.56. The fourth-order valence-electron chi connectivity index (χ4n) is 2.51. The van der Waals surface area contributed by atoms with Gasteiger partial charge in [-0.25, -0.2) is 13.1 Å². The molecule has 10 nitrogen and oxygen atoms in total. The number of nitrogen functional groups attached to an aromatic ring is 1. The van der Waals surface area contributed by atoms with Gasteiger partial charge in [0.2, 0.25) is 11.8 Å². The monoisotopic (exact) mass is 428 g/mol. The first-order chi connectivity index (χ1) is 14.2. The number of nitrogens with one attached hydrogen (secondary N) is 2. The summed E-state index contributed by atoms with van der Waals surface area (Å²) in [5.41, 5.74) is 8.07. The van der Waals surface area contributed by atoms with Gasteiger partial charge in [-0.3, -0.25) is 0 Å². The molecule has 11 heteroatoms. The number of benzene rings is 1. The number of nitrogens with zero attached hydrogens (tertiary/aromatic N) is 3. The summed E-state index contributed by atoms with van der Waals surface area (Å²) in [6.07, 6.45) is 0. The Labute approximate surface area is 173 Å². The lowest BCUT2D eigenvalue weighted by Gasteiger charge is -2.12. The third-order valence-electron chi connectivity index (χ3n) is 4.23. The Morgan fingerprint density at radius 3 is 2.53 bits per heavy atom. The zero-order chi connectivity index (χ0) is 21.9. The van der Waals surface area contributed by atoms with Gasteiger partial charge < -0.3 is 20.3 Å². The zero-order valence-electron chi connectivity index (χ0n) is 16.6. The van der Waals surface area contributed by atoms with Crippen LogP contribution in [0, 0.1) is 25.2 Å². The summed E-state index contributed by atoms with van der Waals surface area (Å²) in [6, 6.07) is 9.47. The first-order valence-electron chi connectivity index (χ1n) is 8.91. The van der Waals surface area contributed by atoms with Crippen LogP contribution in [0.2, 0.25) is 0 Å². The predicted octanol–water partition coefficient (Wildman–Crippen LogP) is 3.08. The normalized spacial score (nSPS) is 11.0. The van der Waals surface area contributed by atoms with Gasteiger partial charge in [0, 0.05) is 17.3 Å². The molecular weight excluding hydrogens is 408 g/mol. The topological polar surface area (TPSA) is 156 Å². The van der Waals surface area contributed by atoms with E-state index in [1.165, 1.54) is 18.2 Å². The standard InChI is InChI=1S/C19H20N6O4S/c1-4-28-19-15(10-20)16(21)9-17(23-19)22-13-5-7-14(8-6-13)30(26,27)25-18-11(2)12(3)24-29-18/h5-9,25H,4H2,1-3H3,(H3,21,22,23). The Bertz CT molecular complexity index is 1210. The van der Waals surface area contributed by atoms with Crippen LogP contribution in [-0.4, -0.2) is 25.2 Å². The summed E-state index contributed by atoms with van der Waals surface area (Å²) in [5.74, 6) is 0.565. The molecule has 156 valence electrons. The van der Waals surface area contributed by atoms with Crippen LogP contribution in [-0.2, 0) is 10.0 Å². The molecule has 1 aromatic carbocycles. The second-order valence-electron chi connectivity index (χ2n) is 6.30. The van der Waals surface area contributed by atoms with Crippen LogP contribution in [0.4, 0.5) is 23.1 Å². The Morgan fingerprint density at radius 1 is 1.27 bits per heavy atom. The van der Waals surface area contributed by atoms with E-state index in [1.807, 2.05) is 6.07 Å². The molecule has 4 N–H and O–H groups in total. The molecule has 0 aliphatic rings. The number of sulfonamides is 1. The highest BCUT2D eigenvalue weighted by Crippen LogP contribution is 2.28. The van der Waals surface area contributed by atoms with Gasteiger partial charge >= 0.3 is 0 Å². The SMILES string of the molecule is CCOc1nc(Nc2ccc(S(=O)(=O)Nc3onc(C)c3C)cc2)cc(N)c1C#N. The van der Waals surface area contributed by atoms with E-state index in [-0.39, 0.29) is 27.9 Å². The first kappa shape index (κ1) is 20.9. The summed E-state index contributed by atoms with van der Waals surface area (Å²) in [4.78, 5) is 4.29. The number of aromatic nitrogens is 2. The first-order valence-corrected chi connectivity index (χ1v) is 10.4. The number of ether oxygens (including phenoxy) is 1. The van der Waals surface area contributed by atoms with Crippen LogP contribution < -0.4 is 20.5 Å². The minimum absolute atomic E-state index is 0.0452. The second-order valence-corrected chi connectivity index (χ2v) is 7.98. The van der Waals surface area contributed by atoms with E-state index in [0.717, 1.165) is 0 Å². The number of nitrogens with two attached hydrogens (primary N) is 1. The quantitative estimate of drug-likeness (QED) is 0.514. The summed E-state index contributed by atoms with van der Waals surface area (Å²) in [6.45, 7) is 5.53. The van der Waals surface area contributed by atoms with Gasteiger partial charge in [0.15, 0.2) is 0 Å². The molecule has 2 aromatic heterocycles. The maximum Gasteiger partial charge on any atom is 0.264 e. The maximum absolute atomic E-state index is 12.6. The van der Waals surface area contributed by atoms with Crippen molar-refractivity contribution in [2.24, 2.45) is 0 Å². The molecule has 30 heavy (non-hydrogen) atoms. The van der Waals surface area contributed by atoms with Crippen LogP contribution in [0.5, 0.6) is 5.88 Å². The van der Waals surface area contributed by atoms with E-state index < -0.39 is 10.0 Å². The smallest absolute Gasteiger partial charge is 0.264 e. The van der Waals surface area contributed by atoms with Crippen molar-refractivity contribution in [3.63, 3.8) is 0 Å². The van der Waals surface area contributed by atoms with Crippen molar-refractivity contribution in [2.75, 3.05) is 22.4 Å². The average Bonchev–Trinajstić information content (AvgIpc) is 3.00. The average molecular weight is 428 g/mol. The minimum Gasteiger partial charge on any atom is -0.477 e. The lowest BCUT2D eigenvalue weighted by Crippen LogP contribution is -2.13. The number of hydrogen-bond donors (Lipinski definition) is 3. The van der Waals surface area contributed by atoms with Crippen LogP contribution >= 0.6 is 0 Å². The lowest BCUT2D eigenvalue weighted by atomic mass is 10.2. The number of aryl methyl sites for hydroxylation is 1. The van der Waals surface area contributed by atoms with E-state index in [4.69, 9.17) is 15.0 Å². The lowest BCUT2D eigenvalue weighted by molar-refractivity contribution is 0.326. The molecule has 0 aliphatic heterocycles. The van der Waals surface area contributed by atoms with Crippen molar-refractivity contribution in [2.45, 2.75) is 25.7 Å². The number of anilines is 4. The summed E-state index contributed by atoms with van der Waals surface area (Å²) < 4.78 is 37.9. The number of hydrogen-bond acceptors (Lipinski definition) is 9. The molecule has 0 spiro atoms.